The van der Waals surface area contributed by atoms with Gasteiger partial charge in [-0.15, -0.1) is 0 Å². The maximum Gasteiger partial charge on any atom is 0.251 e. The lowest BCUT2D eigenvalue weighted by atomic mass is 10.1. The van der Waals surface area contributed by atoms with E-state index in [4.69, 9.17) is 5.73 Å². The highest BCUT2D eigenvalue weighted by Gasteiger charge is 2.19. The van der Waals surface area contributed by atoms with E-state index in [2.05, 4.69) is 27.3 Å². The summed E-state index contributed by atoms with van der Waals surface area (Å²) in [5.41, 5.74) is 7.92. The molecule has 0 fully saturated rings. The Morgan fingerprint density at radius 1 is 1.26 bits per heavy atom. The third-order valence-corrected chi connectivity index (χ3v) is 5.75. The monoisotopic (exact) mass is 496 g/mol. The number of amides is 2. The molecule has 0 saturated heterocycles. The van der Waals surface area contributed by atoms with Crippen molar-refractivity contribution in [2.45, 2.75) is 18.5 Å². The number of pyridine rings is 1. The molecule has 0 aliphatic heterocycles. The van der Waals surface area contributed by atoms with Crippen molar-refractivity contribution < 1.29 is 18.2 Å². The van der Waals surface area contributed by atoms with E-state index in [0.29, 0.717) is 38.9 Å². The van der Waals surface area contributed by atoms with Crippen molar-refractivity contribution in [3.63, 3.8) is 0 Å². The van der Waals surface area contributed by atoms with Crippen molar-refractivity contribution in [1.29, 1.82) is 0 Å². The second-order valence-corrected chi connectivity index (χ2v) is 8.72. The van der Waals surface area contributed by atoms with Crippen LogP contribution in [0.15, 0.2) is 60.3 Å². The van der Waals surface area contributed by atoms with Gasteiger partial charge in [0.25, 0.3) is 5.91 Å². The number of nitrogens with zero attached hydrogens (tertiary/aromatic N) is 3. The molecule has 182 valence electrons. The fourth-order valence-electron chi connectivity index (χ4n) is 3.31. The molecule has 0 bridgehead atoms. The van der Waals surface area contributed by atoms with Crippen LogP contribution in [0.1, 0.15) is 23.7 Å². The Kier molecular flexibility index (Phi) is 8.26. The molecule has 3 aromatic rings. The number of carbonyl (C=O) groups is 2. The summed E-state index contributed by atoms with van der Waals surface area (Å²) < 4.78 is 26.9. The molecular formula is C24H25FN6O3S. The van der Waals surface area contributed by atoms with E-state index in [1.54, 1.807) is 54.2 Å². The molecule has 35 heavy (non-hydrogen) atoms. The standard InChI is InChI=1S/C24H25FN6O3S/c1-4-18(19-13-29-31(20(19)5-2)17-8-6-16(25)7-9-17)24(33)28-12-15-10-22(27-14-21(26)32)30-23(11-15)35(3)34/h4-11,13H,2,12,14H2,1,3H3,(H2,26,32)(H,27,30)(H,28,33)/b18-4+. The molecule has 0 radical (unpaired) electrons. The van der Waals surface area contributed by atoms with E-state index in [-0.39, 0.29) is 24.8 Å². The fraction of sp³-hybridized carbons (Fsp3) is 0.167. The van der Waals surface area contributed by atoms with E-state index < -0.39 is 16.7 Å². The highest BCUT2D eigenvalue weighted by molar-refractivity contribution is 7.84. The van der Waals surface area contributed by atoms with Crippen LogP contribution in [-0.4, -0.2) is 43.6 Å². The van der Waals surface area contributed by atoms with Gasteiger partial charge in [-0.3, -0.25) is 13.8 Å². The van der Waals surface area contributed by atoms with Crippen LogP contribution < -0.4 is 16.4 Å². The van der Waals surface area contributed by atoms with Gasteiger partial charge in [0, 0.05) is 23.9 Å². The second kappa shape index (κ2) is 11.3. The minimum atomic E-state index is -1.38. The molecular weight excluding hydrogens is 471 g/mol. The van der Waals surface area contributed by atoms with Gasteiger partial charge >= 0.3 is 0 Å². The van der Waals surface area contributed by atoms with E-state index in [1.165, 1.54) is 18.4 Å². The molecule has 2 aromatic heterocycles. The van der Waals surface area contributed by atoms with Gasteiger partial charge < -0.3 is 16.4 Å². The average Bonchev–Trinajstić information content (AvgIpc) is 3.26. The topological polar surface area (TPSA) is 132 Å². The third kappa shape index (κ3) is 6.27. The second-order valence-electron chi connectivity index (χ2n) is 7.39. The average molecular weight is 497 g/mol. The van der Waals surface area contributed by atoms with Gasteiger partial charge in [0.2, 0.25) is 5.91 Å². The Morgan fingerprint density at radius 2 is 1.97 bits per heavy atom. The Labute approximate surface area is 204 Å². The number of benzene rings is 1. The first-order valence-corrected chi connectivity index (χ1v) is 12.1. The number of primary amides is 1. The van der Waals surface area contributed by atoms with E-state index in [1.807, 2.05) is 0 Å². The third-order valence-electron chi connectivity index (χ3n) is 4.95. The molecule has 3 rings (SSSR count). The highest BCUT2D eigenvalue weighted by Crippen LogP contribution is 2.24. The van der Waals surface area contributed by atoms with Crippen LogP contribution in [0, 0.1) is 5.82 Å². The van der Waals surface area contributed by atoms with Crippen LogP contribution in [0.25, 0.3) is 17.3 Å². The van der Waals surface area contributed by atoms with Gasteiger partial charge in [-0.1, -0.05) is 12.7 Å². The molecule has 2 amide bonds. The number of hydrogen-bond donors (Lipinski definition) is 3. The Bertz CT molecular complexity index is 1320. The van der Waals surface area contributed by atoms with Gasteiger partial charge in [0.1, 0.15) is 16.7 Å². The minimum Gasteiger partial charge on any atom is -0.368 e. The molecule has 11 heteroatoms. The van der Waals surface area contributed by atoms with Crippen LogP contribution in [0.4, 0.5) is 10.2 Å². The molecule has 9 nitrogen and oxygen atoms in total. The van der Waals surface area contributed by atoms with Crippen molar-refractivity contribution in [2.75, 3.05) is 18.1 Å². The summed E-state index contributed by atoms with van der Waals surface area (Å²) in [7, 11) is -1.38. The Morgan fingerprint density at radius 3 is 2.57 bits per heavy atom. The first-order valence-electron chi connectivity index (χ1n) is 10.5. The first-order chi connectivity index (χ1) is 16.7. The van der Waals surface area contributed by atoms with Crippen molar-refractivity contribution in [3.8, 4) is 5.69 Å². The number of allylic oxidation sites excluding steroid dienone is 1. The number of rotatable bonds is 10. The van der Waals surface area contributed by atoms with E-state index in [0.717, 1.165) is 0 Å². The van der Waals surface area contributed by atoms with Crippen LogP contribution in [0.3, 0.4) is 0 Å². The largest absolute Gasteiger partial charge is 0.368 e. The maximum absolute atomic E-state index is 13.3. The number of carbonyl (C=O) groups excluding carboxylic acids is 2. The zero-order valence-electron chi connectivity index (χ0n) is 19.2. The molecule has 0 saturated carbocycles. The summed E-state index contributed by atoms with van der Waals surface area (Å²) in [5.74, 6) is -0.978. The first kappa shape index (κ1) is 25.5. The summed E-state index contributed by atoms with van der Waals surface area (Å²) in [6.07, 6.45) is 6.26. The fourth-order valence-corrected chi connectivity index (χ4v) is 3.86. The molecule has 0 aliphatic rings. The number of nitrogens with one attached hydrogen (secondary N) is 2. The van der Waals surface area contributed by atoms with Crippen LogP contribution >= 0.6 is 0 Å². The highest BCUT2D eigenvalue weighted by atomic mass is 32.2. The lowest BCUT2D eigenvalue weighted by Gasteiger charge is -2.12. The molecule has 1 atom stereocenters. The number of nitrogens with two attached hydrogens (primary N) is 1. The number of anilines is 1. The van der Waals surface area contributed by atoms with Gasteiger partial charge in [-0.2, -0.15) is 5.10 Å². The van der Waals surface area contributed by atoms with Crippen LogP contribution in [0.2, 0.25) is 0 Å². The minimum absolute atomic E-state index is 0.115. The van der Waals surface area contributed by atoms with Crippen molar-refractivity contribution >= 4 is 40.1 Å². The Hall–Kier alpha value is -4.12. The van der Waals surface area contributed by atoms with Gasteiger partial charge in [-0.25, -0.2) is 14.1 Å². The van der Waals surface area contributed by atoms with Crippen molar-refractivity contribution in [1.82, 2.24) is 20.1 Å². The van der Waals surface area contributed by atoms with Crippen molar-refractivity contribution in [3.05, 3.63) is 77.9 Å². The number of hydrogen-bond acceptors (Lipinski definition) is 6. The van der Waals surface area contributed by atoms with Gasteiger partial charge in [-0.05, 0) is 55.0 Å². The lowest BCUT2D eigenvalue weighted by Crippen LogP contribution is -2.25. The molecule has 0 aliphatic carbocycles. The summed E-state index contributed by atoms with van der Waals surface area (Å²) in [6.45, 7) is 5.54. The molecule has 1 unspecified atom stereocenters. The van der Waals surface area contributed by atoms with Crippen LogP contribution in [0.5, 0.6) is 0 Å². The zero-order valence-corrected chi connectivity index (χ0v) is 20.1. The Balaban J connectivity index is 1.82. The molecule has 1 aromatic carbocycles. The van der Waals surface area contributed by atoms with Gasteiger partial charge in [0.15, 0.2) is 0 Å². The summed E-state index contributed by atoms with van der Waals surface area (Å²) in [4.78, 5) is 28.3. The van der Waals surface area contributed by atoms with E-state index in [9.17, 15) is 18.2 Å². The molecule has 2 heterocycles. The summed E-state index contributed by atoms with van der Waals surface area (Å²) in [5, 5.41) is 10.3. The summed E-state index contributed by atoms with van der Waals surface area (Å²) in [6, 6.07) is 9.06. The van der Waals surface area contributed by atoms with Crippen LogP contribution in [-0.2, 0) is 26.9 Å². The quantitative estimate of drug-likeness (QED) is 0.369. The predicted octanol–water partition coefficient (Wildman–Crippen LogP) is 2.40. The normalized spacial score (nSPS) is 12.1. The predicted molar refractivity (Wildman–Crippen MR) is 133 cm³/mol. The SMILES string of the molecule is C=Cc1c(/C(=C\C)C(=O)NCc2cc(NCC(N)=O)nc(S(C)=O)c2)cnn1-c1ccc(F)cc1. The molecule has 0 spiro atoms. The van der Waals surface area contributed by atoms with Crippen molar-refractivity contribution in [2.24, 2.45) is 5.73 Å². The zero-order chi connectivity index (χ0) is 25.5. The molecule has 4 N–H and O–H groups in total. The lowest BCUT2D eigenvalue weighted by molar-refractivity contribution is -0.116. The smallest absolute Gasteiger partial charge is 0.251 e. The maximum atomic E-state index is 13.3. The summed E-state index contributed by atoms with van der Waals surface area (Å²) >= 11 is 0. The van der Waals surface area contributed by atoms with Gasteiger partial charge in [0.05, 0.1) is 34.9 Å². The van der Waals surface area contributed by atoms with E-state index >= 15 is 0 Å². The number of aromatic nitrogens is 3. The number of halogens is 1.